The molecule has 0 aliphatic heterocycles. The molecule has 0 amide bonds. The highest BCUT2D eigenvalue weighted by atomic mass is 32.2. The maximum atomic E-state index is 5.79. The van der Waals surface area contributed by atoms with E-state index in [1.807, 2.05) is 19.2 Å². The van der Waals surface area contributed by atoms with Gasteiger partial charge in [-0.05, 0) is 32.0 Å². The summed E-state index contributed by atoms with van der Waals surface area (Å²) in [5.74, 6) is 1.65. The average Bonchev–Trinajstić information content (AvgIpc) is 2.38. The van der Waals surface area contributed by atoms with Crippen LogP contribution in [0.4, 0.5) is 0 Å². The molecule has 100 valence electrons. The molecule has 0 aliphatic rings. The molecule has 1 heterocycles. The molecule has 0 radical (unpaired) electrons. The number of benzene rings is 1. The first-order valence-corrected chi connectivity index (χ1v) is 7.38. The Morgan fingerprint density at radius 3 is 2.63 bits per heavy atom. The number of hydrogen-bond acceptors (Lipinski definition) is 4. The van der Waals surface area contributed by atoms with E-state index in [0.717, 1.165) is 23.7 Å². The molecule has 0 aliphatic carbocycles. The molecular formula is C15H19N3S. The van der Waals surface area contributed by atoms with Crippen molar-refractivity contribution >= 4 is 11.8 Å². The summed E-state index contributed by atoms with van der Waals surface area (Å²) in [6.45, 7) is 4.08. The van der Waals surface area contributed by atoms with Crippen LogP contribution in [0, 0.1) is 6.92 Å². The Hall–Kier alpha value is -1.39. The number of hydrogen-bond donors (Lipinski definition) is 1. The highest BCUT2D eigenvalue weighted by Gasteiger charge is 2.03. The molecule has 0 bridgehead atoms. The molecule has 2 rings (SSSR count). The highest BCUT2D eigenvalue weighted by molar-refractivity contribution is 7.98. The summed E-state index contributed by atoms with van der Waals surface area (Å²) in [6.07, 6.45) is 2.61. The van der Waals surface area contributed by atoms with Gasteiger partial charge in [0.1, 0.15) is 5.82 Å². The highest BCUT2D eigenvalue weighted by Crippen LogP contribution is 2.21. The standard InChI is InChI=1S/C15H19N3S/c1-11-3-5-14(6-4-11)19-10-15-17-8-7-13(18-15)9-12(2)16/h3-8,12H,9-10,16H2,1-2H3. The summed E-state index contributed by atoms with van der Waals surface area (Å²) < 4.78 is 0. The second kappa shape index (κ2) is 6.68. The molecule has 0 saturated heterocycles. The van der Waals surface area contributed by atoms with Crippen LogP contribution in [0.5, 0.6) is 0 Å². The molecule has 4 heteroatoms. The average molecular weight is 273 g/mol. The van der Waals surface area contributed by atoms with E-state index >= 15 is 0 Å². The first-order valence-electron chi connectivity index (χ1n) is 6.39. The summed E-state index contributed by atoms with van der Waals surface area (Å²) in [5.41, 5.74) is 8.08. The molecule has 3 nitrogen and oxygen atoms in total. The third-order valence-electron chi connectivity index (χ3n) is 2.68. The van der Waals surface area contributed by atoms with Crippen molar-refractivity contribution in [2.24, 2.45) is 5.73 Å². The van der Waals surface area contributed by atoms with E-state index in [1.54, 1.807) is 11.8 Å². The second-order valence-electron chi connectivity index (χ2n) is 4.75. The van der Waals surface area contributed by atoms with Gasteiger partial charge >= 0.3 is 0 Å². The monoisotopic (exact) mass is 273 g/mol. The molecular weight excluding hydrogens is 254 g/mol. The Kier molecular flexibility index (Phi) is 4.93. The van der Waals surface area contributed by atoms with E-state index in [9.17, 15) is 0 Å². The van der Waals surface area contributed by atoms with E-state index in [0.29, 0.717) is 0 Å². The maximum absolute atomic E-state index is 5.79. The SMILES string of the molecule is Cc1ccc(SCc2nccc(CC(C)N)n2)cc1. The van der Waals surface area contributed by atoms with Crippen LogP contribution in [-0.4, -0.2) is 16.0 Å². The normalized spacial score (nSPS) is 12.4. The van der Waals surface area contributed by atoms with Crippen LogP contribution in [0.2, 0.25) is 0 Å². The molecule has 19 heavy (non-hydrogen) atoms. The van der Waals surface area contributed by atoms with Crippen molar-refractivity contribution in [1.82, 2.24) is 9.97 Å². The Bertz CT molecular complexity index is 523. The van der Waals surface area contributed by atoms with Crippen LogP contribution in [0.15, 0.2) is 41.4 Å². The van der Waals surface area contributed by atoms with Crippen molar-refractivity contribution in [3.05, 3.63) is 53.6 Å². The molecule has 1 aromatic heterocycles. The largest absolute Gasteiger partial charge is 0.328 e. The van der Waals surface area contributed by atoms with E-state index in [2.05, 4.69) is 41.2 Å². The fourth-order valence-corrected chi connectivity index (χ4v) is 2.50. The number of thioether (sulfide) groups is 1. The van der Waals surface area contributed by atoms with E-state index in [4.69, 9.17) is 5.73 Å². The topological polar surface area (TPSA) is 51.8 Å². The summed E-state index contributed by atoms with van der Waals surface area (Å²) >= 11 is 1.75. The molecule has 2 N–H and O–H groups in total. The summed E-state index contributed by atoms with van der Waals surface area (Å²) in [6, 6.07) is 10.6. The van der Waals surface area contributed by atoms with Gasteiger partial charge in [0.2, 0.25) is 0 Å². The fraction of sp³-hybridized carbons (Fsp3) is 0.333. The molecule has 0 fully saturated rings. The van der Waals surface area contributed by atoms with Crippen LogP contribution < -0.4 is 5.73 Å². The number of rotatable bonds is 5. The predicted octanol–water partition coefficient (Wildman–Crippen LogP) is 2.97. The van der Waals surface area contributed by atoms with Gasteiger partial charge in [-0.2, -0.15) is 0 Å². The maximum Gasteiger partial charge on any atom is 0.138 e. The first-order chi connectivity index (χ1) is 9.13. The number of nitrogens with two attached hydrogens (primary N) is 1. The van der Waals surface area contributed by atoms with Crippen LogP contribution in [0.1, 0.15) is 24.0 Å². The van der Waals surface area contributed by atoms with Gasteiger partial charge in [0, 0.05) is 29.2 Å². The lowest BCUT2D eigenvalue weighted by Gasteiger charge is -2.06. The third-order valence-corrected chi connectivity index (χ3v) is 3.69. The lowest BCUT2D eigenvalue weighted by Crippen LogP contribution is -2.18. The Balaban J connectivity index is 1.97. The van der Waals surface area contributed by atoms with Gasteiger partial charge in [-0.1, -0.05) is 17.7 Å². The summed E-state index contributed by atoms with van der Waals surface area (Å²) in [7, 11) is 0. The number of aryl methyl sites for hydroxylation is 1. The zero-order valence-corrected chi connectivity index (χ0v) is 12.2. The van der Waals surface area contributed by atoms with Crippen LogP contribution in [0.3, 0.4) is 0 Å². The van der Waals surface area contributed by atoms with Crippen LogP contribution in [0.25, 0.3) is 0 Å². The van der Waals surface area contributed by atoms with Crippen molar-refractivity contribution in [1.29, 1.82) is 0 Å². The molecule has 0 saturated carbocycles. The zero-order chi connectivity index (χ0) is 13.7. The van der Waals surface area contributed by atoms with Gasteiger partial charge in [-0.15, -0.1) is 11.8 Å². The Labute approximate surface area is 118 Å². The quantitative estimate of drug-likeness (QED) is 0.851. The Morgan fingerprint density at radius 1 is 1.21 bits per heavy atom. The summed E-state index contributed by atoms with van der Waals surface area (Å²) in [4.78, 5) is 10.1. The predicted molar refractivity (Wildman–Crippen MR) is 80.1 cm³/mol. The van der Waals surface area contributed by atoms with E-state index in [1.165, 1.54) is 10.5 Å². The fourth-order valence-electron chi connectivity index (χ4n) is 1.74. The minimum Gasteiger partial charge on any atom is -0.328 e. The van der Waals surface area contributed by atoms with Crippen molar-refractivity contribution in [2.75, 3.05) is 0 Å². The Morgan fingerprint density at radius 2 is 1.95 bits per heavy atom. The van der Waals surface area contributed by atoms with Crippen LogP contribution in [-0.2, 0) is 12.2 Å². The van der Waals surface area contributed by atoms with Gasteiger partial charge in [-0.3, -0.25) is 0 Å². The third kappa shape index (κ3) is 4.65. The van der Waals surface area contributed by atoms with E-state index in [-0.39, 0.29) is 6.04 Å². The van der Waals surface area contributed by atoms with Crippen molar-refractivity contribution in [3.8, 4) is 0 Å². The molecule has 1 unspecified atom stereocenters. The van der Waals surface area contributed by atoms with Gasteiger partial charge in [-0.25, -0.2) is 9.97 Å². The van der Waals surface area contributed by atoms with Gasteiger partial charge < -0.3 is 5.73 Å². The van der Waals surface area contributed by atoms with Crippen LogP contribution >= 0.6 is 11.8 Å². The minimum atomic E-state index is 0.132. The van der Waals surface area contributed by atoms with Gasteiger partial charge in [0.15, 0.2) is 0 Å². The molecule has 1 atom stereocenters. The summed E-state index contributed by atoms with van der Waals surface area (Å²) in [5, 5.41) is 0. The lowest BCUT2D eigenvalue weighted by atomic mass is 10.2. The number of aromatic nitrogens is 2. The zero-order valence-electron chi connectivity index (χ0n) is 11.3. The minimum absolute atomic E-state index is 0.132. The first kappa shape index (κ1) is 14.0. The lowest BCUT2D eigenvalue weighted by molar-refractivity contribution is 0.715. The smallest absolute Gasteiger partial charge is 0.138 e. The van der Waals surface area contributed by atoms with Crippen molar-refractivity contribution < 1.29 is 0 Å². The number of nitrogens with zero attached hydrogens (tertiary/aromatic N) is 2. The van der Waals surface area contributed by atoms with Crippen molar-refractivity contribution in [2.45, 2.75) is 37.0 Å². The van der Waals surface area contributed by atoms with Gasteiger partial charge in [0.25, 0.3) is 0 Å². The molecule has 0 spiro atoms. The molecule has 1 aromatic carbocycles. The second-order valence-corrected chi connectivity index (χ2v) is 5.80. The van der Waals surface area contributed by atoms with Gasteiger partial charge in [0.05, 0.1) is 5.75 Å². The van der Waals surface area contributed by atoms with E-state index < -0.39 is 0 Å². The van der Waals surface area contributed by atoms with Crippen molar-refractivity contribution in [3.63, 3.8) is 0 Å². The molecule has 2 aromatic rings.